The predicted octanol–water partition coefficient (Wildman–Crippen LogP) is 5.29. The molecular formula is C22H20O5. The van der Waals surface area contributed by atoms with E-state index in [2.05, 4.69) is 6.07 Å². The third kappa shape index (κ3) is 2.81. The van der Waals surface area contributed by atoms with Crippen LogP contribution in [0.15, 0.2) is 53.3 Å². The number of benzene rings is 3. The Kier molecular flexibility index (Phi) is 4.28. The van der Waals surface area contributed by atoms with Gasteiger partial charge in [0.05, 0.1) is 41.0 Å². The number of rotatable bonds is 5. The van der Waals surface area contributed by atoms with Crippen LogP contribution in [0.3, 0.4) is 0 Å². The molecule has 5 nitrogen and oxygen atoms in total. The SMILES string of the molecule is COc1cc(OC)cc(-c2c3cocc3cc3cc(OC)c(OC)cc23)c1. The minimum atomic E-state index is 0.670. The molecule has 0 fully saturated rings. The first kappa shape index (κ1) is 17.1. The monoisotopic (exact) mass is 364 g/mol. The molecule has 1 heterocycles. The molecule has 0 saturated carbocycles. The molecule has 0 N–H and O–H groups in total. The third-order valence-electron chi connectivity index (χ3n) is 4.74. The molecule has 0 atom stereocenters. The second-order valence-corrected chi connectivity index (χ2v) is 6.16. The highest BCUT2D eigenvalue weighted by Gasteiger charge is 2.16. The normalized spacial score (nSPS) is 11.0. The molecule has 0 saturated heterocycles. The summed E-state index contributed by atoms with van der Waals surface area (Å²) in [5.74, 6) is 2.79. The second-order valence-electron chi connectivity index (χ2n) is 6.16. The van der Waals surface area contributed by atoms with Gasteiger partial charge in [-0.15, -0.1) is 0 Å². The van der Waals surface area contributed by atoms with Crippen LogP contribution < -0.4 is 18.9 Å². The van der Waals surface area contributed by atoms with Crippen LogP contribution in [-0.4, -0.2) is 28.4 Å². The Hall–Kier alpha value is -3.34. The minimum Gasteiger partial charge on any atom is -0.497 e. The van der Waals surface area contributed by atoms with Crippen LogP contribution in [0.5, 0.6) is 23.0 Å². The van der Waals surface area contributed by atoms with E-state index in [1.165, 1.54) is 0 Å². The molecule has 0 unspecified atom stereocenters. The van der Waals surface area contributed by atoms with Gasteiger partial charge in [0, 0.05) is 22.4 Å². The van der Waals surface area contributed by atoms with Gasteiger partial charge in [-0.2, -0.15) is 0 Å². The van der Waals surface area contributed by atoms with Crippen molar-refractivity contribution in [2.45, 2.75) is 0 Å². The van der Waals surface area contributed by atoms with Crippen LogP contribution >= 0.6 is 0 Å². The van der Waals surface area contributed by atoms with Crippen molar-refractivity contribution >= 4 is 21.5 Å². The first-order valence-electron chi connectivity index (χ1n) is 8.46. The Labute approximate surface area is 157 Å². The average molecular weight is 364 g/mol. The maximum Gasteiger partial charge on any atom is 0.161 e. The zero-order valence-electron chi connectivity index (χ0n) is 15.7. The zero-order valence-corrected chi connectivity index (χ0v) is 15.7. The number of methoxy groups -OCH3 is 4. The first-order valence-corrected chi connectivity index (χ1v) is 8.46. The van der Waals surface area contributed by atoms with Crippen LogP contribution in [-0.2, 0) is 0 Å². The van der Waals surface area contributed by atoms with Crippen LogP contribution in [0, 0.1) is 0 Å². The van der Waals surface area contributed by atoms with Gasteiger partial charge in [-0.05, 0) is 46.7 Å². The Morgan fingerprint density at radius 3 is 1.89 bits per heavy atom. The quantitative estimate of drug-likeness (QED) is 0.482. The summed E-state index contributed by atoms with van der Waals surface area (Å²) in [6, 6.07) is 11.9. The summed E-state index contributed by atoms with van der Waals surface area (Å²) < 4.78 is 27.4. The Morgan fingerprint density at radius 1 is 0.593 bits per heavy atom. The van der Waals surface area contributed by atoms with E-state index in [1.807, 2.05) is 30.3 Å². The lowest BCUT2D eigenvalue weighted by molar-refractivity contribution is 0.356. The van der Waals surface area contributed by atoms with Gasteiger partial charge >= 0.3 is 0 Å². The summed E-state index contributed by atoms with van der Waals surface area (Å²) in [7, 11) is 6.55. The summed E-state index contributed by atoms with van der Waals surface area (Å²) in [6.07, 6.45) is 3.50. The van der Waals surface area contributed by atoms with Gasteiger partial charge in [0.1, 0.15) is 11.5 Å². The number of hydrogen-bond acceptors (Lipinski definition) is 5. The van der Waals surface area contributed by atoms with Crippen molar-refractivity contribution in [1.82, 2.24) is 0 Å². The van der Waals surface area contributed by atoms with Crippen LogP contribution in [0.25, 0.3) is 32.7 Å². The third-order valence-corrected chi connectivity index (χ3v) is 4.74. The fraction of sp³-hybridized carbons (Fsp3) is 0.182. The summed E-state index contributed by atoms with van der Waals surface area (Å²) >= 11 is 0. The Balaban J connectivity index is 2.12. The molecule has 0 aliphatic heterocycles. The van der Waals surface area contributed by atoms with Crippen LogP contribution in [0.4, 0.5) is 0 Å². The molecule has 0 bridgehead atoms. The van der Waals surface area contributed by atoms with Crippen molar-refractivity contribution in [3.63, 3.8) is 0 Å². The van der Waals surface area contributed by atoms with E-state index in [9.17, 15) is 0 Å². The van der Waals surface area contributed by atoms with E-state index in [0.29, 0.717) is 11.5 Å². The molecule has 27 heavy (non-hydrogen) atoms. The second kappa shape index (κ2) is 6.76. The molecular weight excluding hydrogens is 344 g/mol. The number of fused-ring (bicyclic) bond motifs is 2. The highest BCUT2D eigenvalue weighted by atomic mass is 16.5. The molecule has 0 amide bonds. The van der Waals surface area contributed by atoms with Crippen molar-refractivity contribution in [3.05, 3.63) is 48.9 Å². The number of ether oxygens (including phenoxy) is 4. The van der Waals surface area contributed by atoms with Gasteiger partial charge in [0.15, 0.2) is 11.5 Å². The van der Waals surface area contributed by atoms with Crippen molar-refractivity contribution in [2.75, 3.05) is 28.4 Å². The molecule has 0 radical (unpaired) electrons. The lowest BCUT2D eigenvalue weighted by Gasteiger charge is -2.15. The minimum absolute atomic E-state index is 0.670. The van der Waals surface area contributed by atoms with Gasteiger partial charge in [-0.3, -0.25) is 0 Å². The van der Waals surface area contributed by atoms with Gasteiger partial charge < -0.3 is 23.4 Å². The van der Waals surface area contributed by atoms with Crippen molar-refractivity contribution < 1.29 is 23.4 Å². The first-order chi connectivity index (χ1) is 13.2. The van der Waals surface area contributed by atoms with Crippen LogP contribution in [0.2, 0.25) is 0 Å². The average Bonchev–Trinajstić information content (AvgIpc) is 3.18. The number of furan rings is 1. The molecule has 3 aromatic carbocycles. The van der Waals surface area contributed by atoms with Crippen molar-refractivity contribution in [2.24, 2.45) is 0 Å². The molecule has 4 aromatic rings. The van der Waals surface area contributed by atoms with Gasteiger partial charge in [-0.1, -0.05) is 0 Å². The highest BCUT2D eigenvalue weighted by Crippen LogP contribution is 2.43. The molecule has 1 aromatic heterocycles. The Morgan fingerprint density at radius 2 is 1.26 bits per heavy atom. The summed E-state index contributed by atoms with van der Waals surface area (Å²) in [6.45, 7) is 0. The molecule has 4 rings (SSSR count). The van der Waals surface area contributed by atoms with E-state index in [4.69, 9.17) is 23.4 Å². The fourth-order valence-electron chi connectivity index (χ4n) is 3.43. The van der Waals surface area contributed by atoms with E-state index in [0.717, 1.165) is 44.2 Å². The topological polar surface area (TPSA) is 50.1 Å². The lowest BCUT2D eigenvalue weighted by atomic mass is 9.93. The molecule has 0 aliphatic rings. The van der Waals surface area contributed by atoms with Crippen molar-refractivity contribution in [3.8, 4) is 34.1 Å². The van der Waals surface area contributed by atoms with E-state index < -0.39 is 0 Å². The summed E-state index contributed by atoms with van der Waals surface area (Å²) in [4.78, 5) is 0. The fourth-order valence-corrected chi connectivity index (χ4v) is 3.43. The van der Waals surface area contributed by atoms with Crippen LogP contribution in [0.1, 0.15) is 0 Å². The highest BCUT2D eigenvalue weighted by molar-refractivity contribution is 6.13. The Bertz CT molecular complexity index is 1100. The van der Waals surface area contributed by atoms with Gasteiger partial charge in [0.2, 0.25) is 0 Å². The lowest BCUT2D eigenvalue weighted by Crippen LogP contribution is -1.93. The maximum absolute atomic E-state index is 5.52. The van der Waals surface area contributed by atoms with E-state index in [-0.39, 0.29) is 0 Å². The largest absolute Gasteiger partial charge is 0.497 e. The van der Waals surface area contributed by atoms with E-state index >= 15 is 0 Å². The summed E-state index contributed by atoms with van der Waals surface area (Å²) in [5.41, 5.74) is 1.99. The van der Waals surface area contributed by atoms with Gasteiger partial charge in [-0.25, -0.2) is 0 Å². The smallest absolute Gasteiger partial charge is 0.161 e. The zero-order chi connectivity index (χ0) is 19.0. The maximum atomic E-state index is 5.52. The van der Waals surface area contributed by atoms with Gasteiger partial charge in [0.25, 0.3) is 0 Å². The number of hydrogen-bond donors (Lipinski definition) is 0. The standard InChI is InChI=1S/C22H20O5/c1-23-16-6-14(7-17(9-16)24-2)22-18-10-21(26-4)20(25-3)8-13(18)5-15-11-27-12-19(15)22/h5-12H,1-4H3. The van der Waals surface area contributed by atoms with E-state index in [1.54, 1.807) is 41.0 Å². The molecule has 0 aliphatic carbocycles. The molecule has 0 spiro atoms. The molecule has 5 heteroatoms. The van der Waals surface area contributed by atoms with Crippen molar-refractivity contribution in [1.29, 1.82) is 0 Å². The summed E-state index contributed by atoms with van der Waals surface area (Å²) in [5, 5.41) is 4.06. The predicted molar refractivity (Wildman–Crippen MR) is 105 cm³/mol. The molecule has 138 valence electrons.